The lowest BCUT2D eigenvalue weighted by molar-refractivity contribution is -0.140. The number of ether oxygens (including phenoxy) is 1. The first-order valence-electron chi connectivity index (χ1n) is 42.6. The van der Waals surface area contributed by atoms with E-state index in [1.165, 1.54) is 34.6 Å². The Hall–Kier alpha value is -11.6. The van der Waals surface area contributed by atoms with Gasteiger partial charge in [0.15, 0.2) is 17.3 Å². The number of aromatic amines is 1. The number of ketones is 3. The molecule has 6 rings (SSSR count). The van der Waals surface area contributed by atoms with E-state index in [0.29, 0.717) is 39.8 Å². The van der Waals surface area contributed by atoms with Crippen LogP contribution in [0.2, 0.25) is 0 Å². The van der Waals surface area contributed by atoms with Crippen LogP contribution in [0.3, 0.4) is 0 Å². The first-order valence-corrected chi connectivity index (χ1v) is 44.7. The molecule has 1 aromatic heterocycles. The Morgan fingerprint density at radius 3 is 1.85 bits per heavy atom. The lowest BCUT2D eigenvalue weighted by Gasteiger charge is -2.39. The van der Waals surface area contributed by atoms with Crippen LogP contribution in [-0.2, 0) is 96.0 Å². The predicted molar refractivity (Wildman–Crippen MR) is 482 cm³/mol. The molecule has 700 valence electrons. The molecule has 0 aliphatic carbocycles. The van der Waals surface area contributed by atoms with Crippen molar-refractivity contribution in [2.45, 2.75) is 248 Å². The smallest absolute Gasteiger partial charge is 0.312 e. The molecule has 0 bridgehead atoms. The lowest BCUT2D eigenvalue weighted by Crippen LogP contribution is -2.63. The normalized spacial score (nSPS) is 19.7. The Kier molecular flexibility index (Phi) is 40.8. The van der Waals surface area contributed by atoms with Gasteiger partial charge in [-0.2, -0.15) is 0 Å². The maximum Gasteiger partial charge on any atom is 0.312 e. The highest BCUT2D eigenvalue weighted by Crippen LogP contribution is 2.47. The maximum atomic E-state index is 16.4. The minimum absolute atomic E-state index is 0.0563. The van der Waals surface area contributed by atoms with Crippen molar-refractivity contribution in [3.05, 3.63) is 113 Å². The Labute approximate surface area is 751 Å². The largest absolute Gasteiger partial charge is 0.492 e. The van der Waals surface area contributed by atoms with E-state index in [4.69, 9.17) is 39.1 Å². The van der Waals surface area contributed by atoms with Gasteiger partial charge in [-0.15, -0.1) is 0 Å². The molecular formula is C88H126N18O20S2. The number of benzene rings is 4. The van der Waals surface area contributed by atoms with Crippen molar-refractivity contribution in [1.82, 2.24) is 63.5 Å². The topological polar surface area (TPSA) is 644 Å². The fourth-order valence-corrected chi connectivity index (χ4v) is 17.8. The summed E-state index contributed by atoms with van der Waals surface area (Å²) in [5.41, 5.74) is 35.2. The number of carbonyl (C=O) groups is 17. The van der Waals surface area contributed by atoms with Crippen LogP contribution in [0.25, 0.3) is 21.7 Å². The van der Waals surface area contributed by atoms with Crippen LogP contribution in [0.4, 0.5) is 4.79 Å². The Balaban J connectivity index is 1.54. The summed E-state index contributed by atoms with van der Waals surface area (Å²) in [4.78, 5) is 246. The SMILES string of the molecule is CC(=O)NCCCC[C@H](NC(=O)[C@](C)(CCCCN)CC(=O)[C@H](Cc1ccc2ccccc2c1)NC(=O)[C@@H](CC(=O)[C@H]1NC(=O)[C@H](CCCNC(N)=O)NC(=O)[C@H](Cc2c[nH]c3c(C)cccc23)NC(=O)[C@H]([C@@H](C)O)NC(=O)[C@H](CC(N)=O)NC(=O)[C@@H](NC(C)=O)C(C)(C)SSC1(C)C)Cc1ccc(OCCN)cc1)C(=O)C[C@@H](CC(N)=O)C(=O)N[C@@H](C(N)=O)[C@H](C)O. The van der Waals surface area contributed by atoms with E-state index in [1.807, 2.05) is 43.3 Å². The van der Waals surface area contributed by atoms with Gasteiger partial charge in [0.05, 0.1) is 42.0 Å². The molecular weight excluding hydrogens is 1690 g/mol. The molecule has 5 aromatic rings. The first kappa shape index (κ1) is 105. The van der Waals surface area contributed by atoms with E-state index in [9.17, 15) is 63.0 Å². The number of urea groups is 1. The van der Waals surface area contributed by atoms with E-state index < -0.39 is 220 Å². The monoisotopic (exact) mass is 1820 g/mol. The number of fused-ring (bicyclic) bond motifs is 2. The Bertz CT molecular complexity index is 4790. The van der Waals surface area contributed by atoms with Crippen molar-refractivity contribution < 1.29 is 96.5 Å². The average molecular weight is 1820 g/mol. The fourth-order valence-electron chi connectivity index (χ4n) is 14.9. The van der Waals surface area contributed by atoms with Gasteiger partial charge in [0.1, 0.15) is 54.6 Å². The number of amides is 15. The number of hydrogen-bond donors (Lipinski definition) is 20. The number of aromatic nitrogens is 1. The second-order valence-electron chi connectivity index (χ2n) is 33.9. The second kappa shape index (κ2) is 49.7. The van der Waals surface area contributed by atoms with E-state index in [2.05, 4.69) is 63.5 Å². The van der Waals surface area contributed by atoms with Gasteiger partial charge < -0.3 is 113 Å². The third-order valence-corrected chi connectivity index (χ3v) is 26.3. The lowest BCUT2D eigenvalue weighted by atomic mass is 9.77. The first-order chi connectivity index (χ1) is 60.3. The van der Waals surface area contributed by atoms with Crippen LogP contribution in [0, 0.1) is 24.2 Å². The molecule has 40 heteroatoms. The standard InChI is InChI=1S/C88H126N18O20S2/c1-47-19-17-22-60-58(46-97-71(47)60)40-64-80(120)99-62(24-18-35-96-85(94)125)79(119)106-74(86(6,7)127-128-87(8,9)75(98-51(5)110)83(123)102-65(44-70(92)115)81(121)105-73(49(3)108)82(122)101-64)67(112)42-56(37-52-26-29-59(30-27-52)126-36-33-90)77(117)100-63(39-53-25-28-54-20-11-12-21-55(54)38-53)68(113)45-88(10,31-14-15-32-89)84(124)103-61(23-13-16-34-95-50(4)109)66(111)41-57(43-69(91)114)78(118)104-72(48(2)107)76(93)116/h11-12,17,19-22,25-30,38,46,48-49,56-57,61-65,72-75,97,107-108H,13-16,18,23-24,31-37,39-45,89-90H2,1-10H3,(H2,91,114)(H2,92,115)(H2,93,116)(H,95,109)(H,98,110)(H,99,120)(H,100,117)(H,101,122)(H,102,123)(H,103,124)(H,104,118)(H,105,121)(H,106,119)(H3,94,96,125)/t48-,49+,56+,57-,61-,62-,63-,64-,65-,72+,73-,74+,75+,88+/m0/s1. The minimum Gasteiger partial charge on any atom is -0.492 e. The highest BCUT2D eigenvalue weighted by molar-refractivity contribution is 8.77. The molecule has 128 heavy (non-hydrogen) atoms. The van der Waals surface area contributed by atoms with Gasteiger partial charge >= 0.3 is 6.03 Å². The molecule has 2 heterocycles. The van der Waals surface area contributed by atoms with Crippen LogP contribution in [0.15, 0.2) is 91.1 Å². The maximum absolute atomic E-state index is 16.4. The zero-order valence-electron chi connectivity index (χ0n) is 74.0. The summed E-state index contributed by atoms with van der Waals surface area (Å²) in [6.07, 6.45) is -5.83. The molecule has 0 unspecified atom stereocenters. The summed E-state index contributed by atoms with van der Waals surface area (Å²) < 4.78 is 2.64. The van der Waals surface area contributed by atoms with Crippen molar-refractivity contribution in [3.63, 3.8) is 0 Å². The molecule has 4 aromatic carbocycles. The van der Waals surface area contributed by atoms with Crippen molar-refractivity contribution in [1.29, 1.82) is 0 Å². The van der Waals surface area contributed by atoms with Gasteiger partial charge in [0.25, 0.3) is 0 Å². The summed E-state index contributed by atoms with van der Waals surface area (Å²) in [7, 11) is 1.85. The summed E-state index contributed by atoms with van der Waals surface area (Å²) >= 11 is 0. The number of carbonyl (C=O) groups excluding carboxylic acids is 17. The number of para-hydroxylation sites is 1. The van der Waals surface area contributed by atoms with Crippen LogP contribution >= 0.6 is 21.6 Å². The number of unbranched alkanes of at least 4 members (excludes halogenated alkanes) is 2. The number of aryl methyl sites for hydroxylation is 1. The molecule has 0 spiro atoms. The van der Waals surface area contributed by atoms with Crippen molar-refractivity contribution in [2.75, 3.05) is 32.8 Å². The van der Waals surface area contributed by atoms with Crippen molar-refractivity contribution in [3.8, 4) is 5.75 Å². The molecule has 1 aliphatic rings. The summed E-state index contributed by atoms with van der Waals surface area (Å²) in [5.74, 6) is -17.7. The number of primary amides is 4. The van der Waals surface area contributed by atoms with Crippen LogP contribution in [0.5, 0.6) is 5.75 Å². The number of H-pyrrole nitrogens is 1. The van der Waals surface area contributed by atoms with Crippen molar-refractivity contribution >= 4 is 143 Å². The zero-order chi connectivity index (χ0) is 95.1. The van der Waals surface area contributed by atoms with Crippen molar-refractivity contribution in [2.24, 2.45) is 51.7 Å². The summed E-state index contributed by atoms with van der Waals surface area (Å²) in [5, 5.41) is 52.7. The molecule has 26 N–H and O–H groups in total. The van der Waals surface area contributed by atoms with Gasteiger partial charge in [-0.3, -0.25) is 76.7 Å². The van der Waals surface area contributed by atoms with Gasteiger partial charge in [0.2, 0.25) is 76.8 Å². The van der Waals surface area contributed by atoms with Gasteiger partial charge in [-0.05, 0) is 158 Å². The summed E-state index contributed by atoms with van der Waals surface area (Å²) in [6, 6.07) is 8.35. The number of aliphatic hydroxyl groups is 2. The van der Waals surface area contributed by atoms with E-state index in [1.54, 1.807) is 68.6 Å². The molecule has 1 fully saturated rings. The van der Waals surface area contributed by atoms with Crippen LogP contribution < -0.4 is 97.6 Å². The van der Waals surface area contributed by atoms with E-state index in [-0.39, 0.29) is 103 Å². The number of hydrogen-bond acceptors (Lipinski definition) is 24. The van der Waals surface area contributed by atoms with Crippen LogP contribution in [-0.4, -0.2) is 224 Å². The van der Waals surface area contributed by atoms with Gasteiger partial charge in [-0.1, -0.05) is 108 Å². The summed E-state index contributed by atoms with van der Waals surface area (Å²) in [6.45, 7) is 14.6. The van der Waals surface area contributed by atoms with E-state index in [0.717, 1.165) is 51.8 Å². The third kappa shape index (κ3) is 32.6. The average Bonchev–Trinajstić information content (AvgIpc) is 1.74. The fraction of sp³-hybridized carbons (Fsp3) is 0.534. The highest BCUT2D eigenvalue weighted by Gasteiger charge is 2.47. The van der Waals surface area contributed by atoms with Gasteiger partial charge in [-0.25, -0.2) is 4.79 Å². The molecule has 1 aliphatic heterocycles. The number of nitrogens with one attached hydrogen (secondary N) is 12. The van der Waals surface area contributed by atoms with Gasteiger partial charge in [0, 0.05) is 98.1 Å². The molecule has 0 radical (unpaired) electrons. The highest BCUT2D eigenvalue weighted by atomic mass is 33.1. The third-order valence-electron chi connectivity index (χ3n) is 22.1. The molecule has 1 saturated heterocycles. The van der Waals surface area contributed by atoms with E-state index >= 15 is 28.8 Å². The second-order valence-corrected chi connectivity index (χ2v) is 37.3. The molecule has 38 nitrogen and oxygen atoms in total. The number of aliphatic hydroxyl groups excluding tert-OH is 2. The number of rotatable bonds is 45. The predicted octanol–water partition coefficient (Wildman–Crippen LogP) is 0.328. The Morgan fingerprint density at radius 1 is 0.594 bits per heavy atom. The van der Waals surface area contributed by atoms with Crippen LogP contribution in [0.1, 0.15) is 168 Å². The minimum atomic E-state index is -1.94. The Morgan fingerprint density at radius 2 is 1.23 bits per heavy atom. The number of Topliss-reactive ketones (excluding diaryl/α,β-unsaturated/α-hetero) is 3. The molecule has 0 saturated carbocycles. The zero-order valence-corrected chi connectivity index (χ0v) is 75.7. The molecule has 15 amide bonds. The quantitative estimate of drug-likeness (QED) is 0.0184. The molecule has 14 atom stereocenters. The number of nitrogens with two attached hydrogens (primary N) is 6.